The van der Waals surface area contributed by atoms with E-state index in [1.807, 2.05) is 0 Å². The molecular formula is C12H8F4N2O. The largest absolute Gasteiger partial charge is 0.416 e. The van der Waals surface area contributed by atoms with Crippen LogP contribution in [0.3, 0.4) is 0 Å². The maximum Gasteiger partial charge on any atom is 0.416 e. The second-order valence-electron chi connectivity index (χ2n) is 4.62. The Labute approximate surface area is 104 Å². The Balaban J connectivity index is 2.33. The molecule has 1 saturated carbocycles. The molecule has 0 bridgehead atoms. The van der Waals surface area contributed by atoms with E-state index in [9.17, 15) is 22.4 Å². The van der Waals surface area contributed by atoms with Crippen LogP contribution < -0.4 is 5.56 Å². The first-order valence-corrected chi connectivity index (χ1v) is 5.60. The van der Waals surface area contributed by atoms with Gasteiger partial charge in [-0.25, -0.2) is 9.49 Å². The minimum absolute atomic E-state index is 0.0157. The summed E-state index contributed by atoms with van der Waals surface area (Å²) in [5.74, 6) is 0. The van der Waals surface area contributed by atoms with E-state index in [1.54, 1.807) is 0 Å². The van der Waals surface area contributed by atoms with E-state index in [0.29, 0.717) is 0 Å². The van der Waals surface area contributed by atoms with Crippen molar-refractivity contribution in [1.29, 1.82) is 0 Å². The van der Waals surface area contributed by atoms with Crippen molar-refractivity contribution in [2.24, 2.45) is 0 Å². The van der Waals surface area contributed by atoms with Gasteiger partial charge in [0, 0.05) is 5.39 Å². The predicted molar refractivity (Wildman–Crippen MR) is 59.4 cm³/mol. The first-order valence-electron chi connectivity index (χ1n) is 5.60. The zero-order valence-electron chi connectivity index (χ0n) is 9.51. The van der Waals surface area contributed by atoms with Crippen LogP contribution in [0.1, 0.15) is 24.1 Å². The highest BCUT2D eigenvalue weighted by atomic mass is 19.4. The molecule has 0 unspecified atom stereocenters. The minimum Gasteiger partial charge on any atom is -0.267 e. The van der Waals surface area contributed by atoms with Gasteiger partial charge in [-0.2, -0.15) is 18.3 Å². The molecule has 1 fully saturated rings. The summed E-state index contributed by atoms with van der Waals surface area (Å²) in [5.41, 5.74) is -3.38. The Kier molecular flexibility index (Phi) is 2.27. The summed E-state index contributed by atoms with van der Waals surface area (Å²) < 4.78 is 52.0. The number of rotatable bonds is 1. The number of aromatic nitrogens is 2. The number of alkyl halides is 4. The van der Waals surface area contributed by atoms with E-state index in [4.69, 9.17) is 0 Å². The standard InChI is InChI=1S/C12H8F4N2O/c13-11(3-4-11)9-8-5-6(12(14,15)16)1-2-7(8)10(19)18-17-9/h1-2,5H,3-4H2,(H,18,19). The molecule has 0 atom stereocenters. The molecule has 1 heterocycles. The number of H-pyrrole nitrogens is 1. The lowest BCUT2D eigenvalue weighted by Crippen LogP contribution is -2.15. The molecule has 1 N–H and O–H groups in total. The van der Waals surface area contributed by atoms with Gasteiger partial charge < -0.3 is 0 Å². The van der Waals surface area contributed by atoms with Crippen molar-refractivity contribution >= 4 is 10.8 Å². The lowest BCUT2D eigenvalue weighted by atomic mass is 10.0. The number of hydrogen-bond donors (Lipinski definition) is 1. The molecule has 0 saturated heterocycles. The van der Waals surface area contributed by atoms with Gasteiger partial charge in [-0.3, -0.25) is 4.79 Å². The third-order valence-electron chi connectivity index (χ3n) is 3.23. The van der Waals surface area contributed by atoms with Crippen LogP contribution >= 0.6 is 0 Å². The van der Waals surface area contributed by atoms with Crippen LogP contribution in [0.5, 0.6) is 0 Å². The van der Waals surface area contributed by atoms with Crippen molar-refractivity contribution in [3.63, 3.8) is 0 Å². The van der Waals surface area contributed by atoms with E-state index in [-0.39, 0.29) is 29.3 Å². The summed E-state index contributed by atoms with van der Waals surface area (Å²) in [4.78, 5) is 11.5. The normalized spacial score (nSPS) is 17.7. The molecule has 0 amide bonds. The second kappa shape index (κ2) is 3.55. The molecule has 2 aromatic rings. The Hall–Kier alpha value is -1.92. The van der Waals surface area contributed by atoms with E-state index < -0.39 is 23.0 Å². The molecule has 1 aromatic heterocycles. The van der Waals surface area contributed by atoms with E-state index >= 15 is 0 Å². The maximum absolute atomic E-state index is 14.1. The molecule has 3 rings (SSSR count). The number of nitrogens with one attached hydrogen (secondary N) is 1. The number of nitrogens with zero attached hydrogens (tertiary/aromatic N) is 1. The SMILES string of the molecule is O=c1[nH]nc(C2(F)CC2)c2cc(C(F)(F)F)ccc12. The zero-order chi connectivity index (χ0) is 13.8. The lowest BCUT2D eigenvalue weighted by molar-refractivity contribution is -0.137. The fraction of sp³-hybridized carbons (Fsp3) is 0.333. The van der Waals surface area contributed by atoms with Gasteiger partial charge in [0.05, 0.1) is 10.9 Å². The highest BCUT2D eigenvalue weighted by Gasteiger charge is 2.48. The summed E-state index contributed by atoms with van der Waals surface area (Å²) in [6.45, 7) is 0. The predicted octanol–water partition coefficient (Wildman–Crippen LogP) is 2.90. The van der Waals surface area contributed by atoms with Gasteiger partial charge in [0.15, 0.2) is 5.67 Å². The van der Waals surface area contributed by atoms with E-state index in [1.165, 1.54) is 0 Å². The summed E-state index contributed by atoms with van der Waals surface area (Å²) in [6.07, 6.45) is -4.13. The smallest absolute Gasteiger partial charge is 0.267 e. The molecule has 1 aliphatic rings. The van der Waals surface area contributed by atoms with Gasteiger partial charge in [-0.15, -0.1) is 0 Å². The Morgan fingerprint density at radius 2 is 1.89 bits per heavy atom. The number of fused-ring (bicyclic) bond motifs is 1. The first kappa shape index (κ1) is 12.1. The highest BCUT2D eigenvalue weighted by molar-refractivity contribution is 5.85. The molecule has 3 nitrogen and oxygen atoms in total. The summed E-state index contributed by atoms with van der Waals surface area (Å²) >= 11 is 0. The van der Waals surface area contributed by atoms with Crippen LogP contribution in [-0.2, 0) is 11.8 Å². The van der Waals surface area contributed by atoms with Crippen LogP contribution in [-0.4, -0.2) is 10.2 Å². The van der Waals surface area contributed by atoms with Crippen LogP contribution in [0.4, 0.5) is 17.6 Å². The first-order chi connectivity index (χ1) is 8.81. The Bertz CT molecular complexity index is 716. The molecule has 7 heteroatoms. The van der Waals surface area contributed by atoms with Crippen molar-refractivity contribution in [2.45, 2.75) is 24.7 Å². The third-order valence-corrected chi connectivity index (χ3v) is 3.23. The average molecular weight is 272 g/mol. The van der Waals surface area contributed by atoms with Crippen LogP contribution in [0.25, 0.3) is 10.8 Å². The molecule has 1 aliphatic carbocycles. The number of halogens is 4. The van der Waals surface area contributed by atoms with Gasteiger partial charge in [0.1, 0.15) is 5.69 Å². The fourth-order valence-electron chi connectivity index (χ4n) is 2.03. The van der Waals surface area contributed by atoms with Crippen molar-refractivity contribution in [3.8, 4) is 0 Å². The van der Waals surface area contributed by atoms with Crippen molar-refractivity contribution < 1.29 is 17.6 Å². The van der Waals surface area contributed by atoms with E-state index in [2.05, 4.69) is 10.2 Å². The molecule has 0 radical (unpaired) electrons. The number of aromatic amines is 1. The molecule has 19 heavy (non-hydrogen) atoms. The summed E-state index contributed by atoms with van der Waals surface area (Å²) in [7, 11) is 0. The van der Waals surface area contributed by atoms with Crippen LogP contribution in [0.15, 0.2) is 23.0 Å². The number of hydrogen-bond acceptors (Lipinski definition) is 2. The van der Waals surface area contributed by atoms with Gasteiger partial charge in [0.2, 0.25) is 0 Å². The molecule has 1 aromatic carbocycles. The van der Waals surface area contributed by atoms with Crippen molar-refractivity contribution in [1.82, 2.24) is 10.2 Å². The topological polar surface area (TPSA) is 45.8 Å². The average Bonchev–Trinajstić information content (AvgIpc) is 3.07. The highest BCUT2D eigenvalue weighted by Crippen LogP contribution is 2.50. The van der Waals surface area contributed by atoms with Gasteiger partial charge in [-0.1, -0.05) is 0 Å². The van der Waals surface area contributed by atoms with Crippen LogP contribution in [0.2, 0.25) is 0 Å². The maximum atomic E-state index is 14.1. The molecule has 0 aliphatic heterocycles. The second-order valence-corrected chi connectivity index (χ2v) is 4.62. The quantitative estimate of drug-likeness (QED) is 0.811. The van der Waals surface area contributed by atoms with Crippen LogP contribution in [0, 0.1) is 0 Å². The summed E-state index contributed by atoms with van der Waals surface area (Å²) in [5, 5.41) is 5.65. The Morgan fingerprint density at radius 1 is 1.21 bits per heavy atom. The fourth-order valence-corrected chi connectivity index (χ4v) is 2.03. The third kappa shape index (κ3) is 1.89. The molecule has 0 spiro atoms. The minimum atomic E-state index is -4.54. The van der Waals surface area contributed by atoms with Gasteiger partial charge >= 0.3 is 6.18 Å². The zero-order valence-corrected chi connectivity index (χ0v) is 9.51. The molecular weight excluding hydrogens is 264 g/mol. The summed E-state index contributed by atoms with van der Waals surface area (Å²) in [6, 6.07) is 2.64. The van der Waals surface area contributed by atoms with Gasteiger partial charge in [0.25, 0.3) is 5.56 Å². The van der Waals surface area contributed by atoms with Crippen molar-refractivity contribution in [3.05, 3.63) is 39.8 Å². The lowest BCUT2D eigenvalue weighted by Gasteiger charge is -2.11. The van der Waals surface area contributed by atoms with Gasteiger partial charge in [-0.05, 0) is 31.0 Å². The Morgan fingerprint density at radius 3 is 2.47 bits per heavy atom. The van der Waals surface area contributed by atoms with Crippen molar-refractivity contribution in [2.75, 3.05) is 0 Å². The molecule has 100 valence electrons. The monoisotopic (exact) mass is 272 g/mol. The van der Waals surface area contributed by atoms with E-state index in [0.717, 1.165) is 18.2 Å². The number of benzene rings is 1.